The van der Waals surface area contributed by atoms with E-state index in [-0.39, 0.29) is 6.61 Å². The lowest BCUT2D eigenvalue weighted by Gasteiger charge is -2.24. The zero-order valence-electron chi connectivity index (χ0n) is 19.4. The van der Waals surface area contributed by atoms with Crippen LogP contribution in [0.25, 0.3) is 0 Å². The second-order valence-electron chi connectivity index (χ2n) is 7.87. The fourth-order valence-electron chi connectivity index (χ4n) is 3.10. The molecule has 0 spiro atoms. The first-order chi connectivity index (χ1) is 15.6. The van der Waals surface area contributed by atoms with Crippen molar-refractivity contribution in [2.45, 2.75) is 44.6 Å². The van der Waals surface area contributed by atoms with Crippen LogP contribution >= 0.6 is 19.2 Å². The Bertz CT molecular complexity index is 994. The van der Waals surface area contributed by atoms with E-state index in [0.29, 0.717) is 30.1 Å². The number of aryl methyl sites for hydroxylation is 2. The largest absolute Gasteiger partial charge is 0.493 e. The van der Waals surface area contributed by atoms with Crippen LogP contribution in [0.3, 0.4) is 0 Å². The molecule has 1 aromatic heterocycles. The highest BCUT2D eigenvalue weighted by Gasteiger charge is 2.24. The first-order valence-corrected chi connectivity index (χ1v) is 12.8. The minimum absolute atomic E-state index is 0.207. The zero-order chi connectivity index (χ0) is 24.5. The van der Waals surface area contributed by atoms with Crippen molar-refractivity contribution in [1.29, 1.82) is 0 Å². The summed E-state index contributed by atoms with van der Waals surface area (Å²) in [4.78, 5) is 19.7. The standard InChI is InChI=1S/C23H32NO7PS/c1-23(24,16-31-32(25,26)27)13-12-19-11-10-18(33-19)9-7-5-6-8-17-14-20(28-2)22(30-4)21(15-17)29-3/h10-11,14-15H,5-6,8,12-13,16,24H2,1-4H3,(H2,25,26,27). The van der Waals surface area contributed by atoms with Gasteiger partial charge in [-0.15, -0.1) is 11.3 Å². The molecule has 0 bridgehead atoms. The van der Waals surface area contributed by atoms with Crippen molar-refractivity contribution < 1.29 is 33.1 Å². The molecular weight excluding hydrogens is 465 g/mol. The molecule has 8 nitrogen and oxygen atoms in total. The zero-order valence-corrected chi connectivity index (χ0v) is 21.1. The number of methoxy groups -OCH3 is 3. The van der Waals surface area contributed by atoms with Crippen molar-refractivity contribution in [2.24, 2.45) is 5.73 Å². The molecule has 1 aromatic carbocycles. The van der Waals surface area contributed by atoms with Gasteiger partial charge in [-0.25, -0.2) is 4.57 Å². The summed E-state index contributed by atoms with van der Waals surface area (Å²) >= 11 is 1.60. The minimum Gasteiger partial charge on any atom is -0.493 e. The maximum absolute atomic E-state index is 10.9. The summed E-state index contributed by atoms with van der Waals surface area (Å²) in [6, 6.07) is 7.89. The van der Waals surface area contributed by atoms with Gasteiger partial charge in [0.1, 0.15) is 0 Å². The van der Waals surface area contributed by atoms with Gasteiger partial charge in [0.25, 0.3) is 0 Å². The van der Waals surface area contributed by atoms with Gasteiger partial charge >= 0.3 is 7.82 Å². The molecule has 182 valence electrons. The SMILES string of the molecule is COc1cc(CCCC#Cc2ccc(CCC(C)(N)COP(=O)(O)O)s2)cc(OC)c1OC. The highest BCUT2D eigenvalue weighted by molar-refractivity contribution is 7.46. The van der Waals surface area contributed by atoms with Crippen LogP contribution in [0.15, 0.2) is 24.3 Å². The van der Waals surface area contributed by atoms with Crippen molar-refractivity contribution in [3.63, 3.8) is 0 Å². The summed E-state index contributed by atoms with van der Waals surface area (Å²) in [5.74, 6) is 8.29. The van der Waals surface area contributed by atoms with Gasteiger partial charge in [0, 0.05) is 16.8 Å². The monoisotopic (exact) mass is 497 g/mol. The van der Waals surface area contributed by atoms with Crippen molar-refractivity contribution in [2.75, 3.05) is 27.9 Å². The number of phosphoric acid groups is 1. The second kappa shape index (κ2) is 12.4. The van der Waals surface area contributed by atoms with Crippen LogP contribution in [-0.4, -0.2) is 43.3 Å². The number of hydrogen-bond acceptors (Lipinski definition) is 7. The number of unbranched alkanes of at least 4 members (excludes halogenated alkanes) is 1. The van der Waals surface area contributed by atoms with Gasteiger partial charge in [-0.3, -0.25) is 4.52 Å². The number of nitrogens with two attached hydrogens (primary N) is 1. The molecule has 0 saturated carbocycles. The summed E-state index contributed by atoms with van der Waals surface area (Å²) in [6.07, 6.45) is 3.71. The van der Waals surface area contributed by atoms with E-state index in [9.17, 15) is 4.57 Å². The van der Waals surface area contributed by atoms with Crippen LogP contribution in [0.4, 0.5) is 0 Å². The van der Waals surface area contributed by atoms with Gasteiger partial charge in [0.2, 0.25) is 5.75 Å². The topological polar surface area (TPSA) is 120 Å². The number of thiophene rings is 1. The Kier molecular flexibility index (Phi) is 10.2. The van der Waals surface area contributed by atoms with Crippen molar-refractivity contribution >= 4 is 19.2 Å². The van der Waals surface area contributed by atoms with Crippen LogP contribution in [0.5, 0.6) is 17.2 Å². The Labute approximate surface area is 199 Å². The van der Waals surface area contributed by atoms with Gasteiger partial charge < -0.3 is 29.7 Å². The smallest absolute Gasteiger partial charge is 0.469 e. The van der Waals surface area contributed by atoms with Crippen LogP contribution < -0.4 is 19.9 Å². The van der Waals surface area contributed by atoms with Gasteiger partial charge in [0.05, 0.1) is 32.8 Å². The fourth-order valence-corrected chi connectivity index (χ4v) is 4.45. The van der Waals surface area contributed by atoms with E-state index >= 15 is 0 Å². The van der Waals surface area contributed by atoms with Gasteiger partial charge in [-0.1, -0.05) is 11.8 Å². The molecule has 1 unspecified atom stereocenters. The summed E-state index contributed by atoms with van der Waals surface area (Å²) in [7, 11) is 0.273. The number of hydrogen-bond donors (Lipinski definition) is 3. The van der Waals surface area contributed by atoms with E-state index in [0.717, 1.165) is 34.6 Å². The Balaban J connectivity index is 1.84. The number of ether oxygens (including phenoxy) is 3. The molecule has 0 amide bonds. The summed E-state index contributed by atoms with van der Waals surface area (Å²) in [5, 5.41) is 0. The molecule has 0 aliphatic rings. The van der Waals surface area contributed by atoms with E-state index in [1.54, 1.807) is 39.6 Å². The Morgan fingerprint density at radius 1 is 1.09 bits per heavy atom. The molecule has 4 N–H and O–H groups in total. The number of rotatable bonds is 12. The van der Waals surface area contributed by atoms with Crippen LogP contribution in [0.2, 0.25) is 0 Å². The third kappa shape index (κ3) is 9.38. The Morgan fingerprint density at radius 3 is 2.33 bits per heavy atom. The third-order valence-corrected chi connectivity index (χ3v) is 6.40. The molecule has 0 aliphatic carbocycles. The summed E-state index contributed by atoms with van der Waals surface area (Å²) in [6.45, 7) is 1.51. The van der Waals surface area contributed by atoms with E-state index in [4.69, 9.17) is 29.7 Å². The number of benzene rings is 1. The second-order valence-corrected chi connectivity index (χ2v) is 10.3. The maximum Gasteiger partial charge on any atom is 0.469 e. The molecule has 2 aromatic rings. The molecule has 0 aliphatic heterocycles. The predicted molar refractivity (Wildman–Crippen MR) is 129 cm³/mol. The average molecular weight is 498 g/mol. The first-order valence-electron chi connectivity index (χ1n) is 10.4. The molecule has 10 heteroatoms. The molecular formula is C23H32NO7PS. The summed E-state index contributed by atoms with van der Waals surface area (Å²) < 4.78 is 31.5. The van der Waals surface area contributed by atoms with Crippen molar-refractivity contribution in [3.8, 4) is 29.1 Å². The highest BCUT2D eigenvalue weighted by atomic mass is 32.1. The molecule has 1 heterocycles. The normalized spacial score (nSPS) is 13.1. The predicted octanol–water partition coefficient (Wildman–Crippen LogP) is 3.91. The van der Waals surface area contributed by atoms with Crippen LogP contribution in [-0.2, 0) is 21.9 Å². The van der Waals surface area contributed by atoms with E-state index in [2.05, 4.69) is 16.4 Å². The molecule has 0 saturated heterocycles. The first kappa shape index (κ1) is 27.2. The van der Waals surface area contributed by atoms with Crippen molar-refractivity contribution in [1.82, 2.24) is 0 Å². The van der Waals surface area contributed by atoms with Gasteiger partial charge in [0.15, 0.2) is 11.5 Å². The van der Waals surface area contributed by atoms with E-state index in [1.165, 1.54) is 0 Å². The quantitative estimate of drug-likeness (QED) is 0.229. The lowest BCUT2D eigenvalue weighted by atomic mass is 9.98. The molecule has 2 rings (SSSR count). The Hall–Kier alpha value is -2.05. The maximum atomic E-state index is 10.9. The van der Waals surface area contributed by atoms with Crippen LogP contribution in [0.1, 0.15) is 41.5 Å². The molecule has 33 heavy (non-hydrogen) atoms. The van der Waals surface area contributed by atoms with E-state index < -0.39 is 13.4 Å². The average Bonchev–Trinajstić information content (AvgIpc) is 3.23. The molecule has 0 radical (unpaired) electrons. The van der Waals surface area contributed by atoms with Crippen LogP contribution in [0, 0.1) is 11.8 Å². The highest BCUT2D eigenvalue weighted by Crippen LogP contribution is 2.38. The Morgan fingerprint density at radius 2 is 1.76 bits per heavy atom. The lowest BCUT2D eigenvalue weighted by molar-refractivity contribution is 0.154. The van der Waals surface area contributed by atoms with Gasteiger partial charge in [-0.05, 0) is 62.4 Å². The molecule has 1 atom stereocenters. The lowest BCUT2D eigenvalue weighted by Crippen LogP contribution is -2.41. The third-order valence-electron chi connectivity index (χ3n) is 4.87. The van der Waals surface area contributed by atoms with Crippen molar-refractivity contribution in [3.05, 3.63) is 39.6 Å². The summed E-state index contributed by atoms with van der Waals surface area (Å²) in [5.41, 5.74) is 6.34. The minimum atomic E-state index is -4.52. The fraction of sp³-hybridized carbons (Fsp3) is 0.478. The number of phosphoric ester groups is 1. The van der Waals surface area contributed by atoms with Gasteiger partial charge in [-0.2, -0.15) is 0 Å². The molecule has 0 fully saturated rings. The van der Waals surface area contributed by atoms with E-state index in [1.807, 2.05) is 24.3 Å².